The molecule has 0 saturated carbocycles. The van der Waals surface area contributed by atoms with Gasteiger partial charge in [0.1, 0.15) is 6.10 Å². The molecule has 1 N–H and O–H groups in total. The van der Waals surface area contributed by atoms with Gasteiger partial charge in [0.15, 0.2) is 5.78 Å². The molecule has 6 nitrogen and oxygen atoms in total. The first-order valence-electron chi connectivity index (χ1n) is 13.3. The summed E-state index contributed by atoms with van der Waals surface area (Å²) in [6, 6.07) is 10.5. The standard InChI is InChI=1S/C31H40N4O2/c1-21(24(4)34-16-12-28(13-17-34)27-9-7-26(8-10-27)25(5)36)19-30-23(3)33-15-11-31(30)35-18-14-29(32-6)20-22(2)37-35/h7-11,14-15,18-20,22,24,28,32H,12-13,16-17H2,1-6H3/b21-19+. The van der Waals surface area contributed by atoms with Crippen molar-refractivity contribution in [3.8, 4) is 0 Å². The number of rotatable bonds is 7. The first-order chi connectivity index (χ1) is 17.8. The second-order valence-corrected chi connectivity index (χ2v) is 10.2. The molecule has 1 saturated heterocycles. The van der Waals surface area contributed by atoms with Crippen LogP contribution in [0.4, 0.5) is 5.69 Å². The zero-order chi connectivity index (χ0) is 26.5. The Morgan fingerprint density at radius 3 is 2.51 bits per heavy atom. The van der Waals surface area contributed by atoms with E-state index in [4.69, 9.17) is 4.84 Å². The fourth-order valence-electron chi connectivity index (χ4n) is 5.19. The number of Topliss-reactive ketones (excluding diaryl/α,β-unsaturated/α-hetero) is 1. The van der Waals surface area contributed by atoms with Gasteiger partial charge in [-0.25, -0.2) is 5.06 Å². The molecule has 0 amide bonds. The van der Waals surface area contributed by atoms with Crippen LogP contribution in [0.1, 0.15) is 73.6 Å². The van der Waals surface area contributed by atoms with Gasteiger partial charge in [-0.1, -0.05) is 35.9 Å². The van der Waals surface area contributed by atoms with E-state index in [-0.39, 0.29) is 11.9 Å². The van der Waals surface area contributed by atoms with E-state index in [1.165, 1.54) is 11.1 Å². The van der Waals surface area contributed by atoms with Crippen LogP contribution in [-0.4, -0.2) is 48.0 Å². The lowest BCUT2D eigenvalue weighted by atomic mass is 9.88. The molecule has 0 radical (unpaired) electrons. The molecule has 0 spiro atoms. The van der Waals surface area contributed by atoms with Gasteiger partial charge >= 0.3 is 0 Å². The van der Waals surface area contributed by atoms with E-state index in [1.54, 1.807) is 6.92 Å². The number of ketones is 1. The van der Waals surface area contributed by atoms with Crippen LogP contribution >= 0.6 is 0 Å². The molecule has 0 bridgehead atoms. The highest BCUT2D eigenvalue weighted by molar-refractivity contribution is 5.94. The van der Waals surface area contributed by atoms with Crippen molar-refractivity contribution in [2.24, 2.45) is 0 Å². The number of carbonyl (C=O) groups is 1. The Hall–Kier alpha value is -3.22. The summed E-state index contributed by atoms with van der Waals surface area (Å²) in [7, 11) is 1.92. The van der Waals surface area contributed by atoms with Gasteiger partial charge in [0.25, 0.3) is 0 Å². The molecule has 2 unspecified atom stereocenters. The number of pyridine rings is 1. The van der Waals surface area contributed by atoms with Crippen LogP contribution in [0, 0.1) is 6.92 Å². The second kappa shape index (κ2) is 11.9. The quantitative estimate of drug-likeness (QED) is 0.469. The van der Waals surface area contributed by atoms with Gasteiger partial charge < -0.3 is 5.32 Å². The predicted octanol–water partition coefficient (Wildman–Crippen LogP) is 6.02. The van der Waals surface area contributed by atoms with Crippen molar-refractivity contribution in [2.45, 2.75) is 65.5 Å². The lowest BCUT2D eigenvalue weighted by molar-refractivity contribution is 0.0960. The van der Waals surface area contributed by atoms with E-state index in [0.717, 1.165) is 54.1 Å². The summed E-state index contributed by atoms with van der Waals surface area (Å²) in [5.41, 5.74) is 7.51. The van der Waals surface area contributed by atoms with Gasteiger partial charge in [-0.2, -0.15) is 0 Å². The molecular weight excluding hydrogens is 460 g/mol. The third-order valence-electron chi connectivity index (χ3n) is 7.67. The fourth-order valence-corrected chi connectivity index (χ4v) is 5.19. The number of hydrogen-bond acceptors (Lipinski definition) is 6. The fraction of sp³-hybridized carbons (Fsp3) is 0.419. The van der Waals surface area contributed by atoms with E-state index in [1.807, 2.05) is 55.7 Å². The van der Waals surface area contributed by atoms with Crippen LogP contribution in [-0.2, 0) is 4.84 Å². The number of likely N-dealkylation sites (tertiary alicyclic amines) is 1. The monoisotopic (exact) mass is 500 g/mol. The van der Waals surface area contributed by atoms with E-state index in [0.29, 0.717) is 12.0 Å². The number of likely N-dealkylation sites (N-methyl/N-ethyl adjacent to an activating group) is 1. The number of aryl methyl sites for hydroxylation is 1. The predicted molar refractivity (Wildman–Crippen MR) is 151 cm³/mol. The number of nitrogens with zero attached hydrogens (tertiary/aromatic N) is 3. The van der Waals surface area contributed by atoms with Gasteiger partial charge in [-0.05, 0) is 90.2 Å². The number of hydrogen-bond donors (Lipinski definition) is 1. The molecule has 0 aliphatic carbocycles. The first kappa shape index (κ1) is 26.8. The summed E-state index contributed by atoms with van der Waals surface area (Å²) in [4.78, 5) is 25.0. The molecule has 4 rings (SSSR count). The zero-order valence-electron chi connectivity index (χ0n) is 23.0. The highest BCUT2D eigenvalue weighted by atomic mass is 16.7. The lowest BCUT2D eigenvalue weighted by Crippen LogP contribution is -2.40. The van der Waals surface area contributed by atoms with Crippen molar-refractivity contribution in [1.82, 2.24) is 15.2 Å². The van der Waals surface area contributed by atoms with Crippen LogP contribution < -0.4 is 10.4 Å². The zero-order valence-corrected chi connectivity index (χ0v) is 23.0. The number of allylic oxidation sites excluding steroid dienone is 1. The highest BCUT2D eigenvalue weighted by Gasteiger charge is 2.25. The van der Waals surface area contributed by atoms with Crippen LogP contribution in [0.25, 0.3) is 6.08 Å². The van der Waals surface area contributed by atoms with Crippen LogP contribution in [0.2, 0.25) is 0 Å². The largest absolute Gasteiger partial charge is 0.388 e. The Labute approximate surface area is 221 Å². The van der Waals surface area contributed by atoms with Gasteiger partial charge in [-0.15, -0.1) is 0 Å². The average Bonchev–Trinajstić information content (AvgIpc) is 3.10. The second-order valence-electron chi connectivity index (χ2n) is 10.2. The molecule has 2 aliphatic heterocycles. The molecule has 2 aliphatic rings. The van der Waals surface area contributed by atoms with Crippen LogP contribution in [0.15, 0.2) is 66.2 Å². The Morgan fingerprint density at radius 2 is 1.86 bits per heavy atom. The number of carbonyl (C=O) groups excluding carboxylic acids is 1. The van der Waals surface area contributed by atoms with E-state index >= 15 is 0 Å². The van der Waals surface area contributed by atoms with Crippen molar-refractivity contribution in [1.29, 1.82) is 0 Å². The van der Waals surface area contributed by atoms with Crippen molar-refractivity contribution < 1.29 is 9.63 Å². The average molecular weight is 501 g/mol. The molecular formula is C31H40N4O2. The topological polar surface area (TPSA) is 57.7 Å². The number of nitrogens with one attached hydrogen (secondary N) is 1. The molecule has 3 heterocycles. The molecule has 6 heteroatoms. The SMILES string of the molecule is CNC1=CC(C)ON(c2ccnc(C)c2/C=C(\C)C(C)N2CCC(c3ccc(C(C)=O)cc3)CC2)C=C1. The maximum atomic E-state index is 11.6. The van der Waals surface area contributed by atoms with E-state index < -0.39 is 0 Å². The summed E-state index contributed by atoms with van der Waals surface area (Å²) >= 11 is 0. The maximum absolute atomic E-state index is 11.6. The summed E-state index contributed by atoms with van der Waals surface area (Å²) in [6.45, 7) is 12.3. The summed E-state index contributed by atoms with van der Waals surface area (Å²) in [6.07, 6.45) is 12.3. The molecule has 196 valence electrons. The normalized spacial score (nSPS) is 20.4. The molecule has 2 aromatic rings. The van der Waals surface area contributed by atoms with Gasteiger partial charge in [0.05, 0.1) is 5.69 Å². The highest BCUT2D eigenvalue weighted by Crippen LogP contribution is 2.32. The number of aromatic nitrogens is 1. The minimum absolute atomic E-state index is 0.0669. The number of anilines is 1. The van der Waals surface area contributed by atoms with Crippen LogP contribution in [0.3, 0.4) is 0 Å². The lowest BCUT2D eigenvalue weighted by Gasteiger charge is -2.37. The number of piperidine rings is 1. The summed E-state index contributed by atoms with van der Waals surface area (Å²) in [5, 5.41) is 5.05. The summed E-state index contributed by atoms with van der Waals surface area (Å²) in [5.74, 6) is 0.669. The Balaban J connectivity index is 1.47. The van der Waals surface area contributed by atoms with Crippen molar-refractivity contribution in [3.05, 3.63) is 88.5 Å². The van der Waals surface area contributed by atoms with Gasteiger partial charge in [0, 0.05) is 48.0 Å². The Kier molecular flexibility index (Phi) is 8.62. The van der Waals surface area contributed by atoms with E-state index in [2.05, 4.69) is 60.3 Å². The minimum Gasteiger partial charge on any atom is -0.388 e. The maximum Gasteiger partial charge on any atom is 0.159 e. The van der Waals surface area contributed by atoms with E-state index in [9.17, 15) is 4.79 Å². The van der Waals surface area contributed by atoms with Crippen molar-refractivity contribution in [3.63, 3.8) is 0 Å². The first-order valence-corrected chi connectivity index (χ1v) is 13.3. The smallest absolute Gasteiger partial charge is 0.159 e. The minimum atomic E-state index is -0.0669. The summed E-state index contributed by atoms with van der Waals surface area (Å²) < 4.78 is 0. The van der Waals surface area contributed by atoms with Gasteiger partial charge in [-0.3, -0.25) is 19.5 Å². The number of benzene rings is 1. The van der Waals surface area contributed by atoms with Crippen molar-refractivity contribution in [2.75, 3.05) is 25.2 Å². The molecule has 1 aromatic carbocycles. The molecule has 1 fully saturated rings. The Morgan fingerprint density at radius 1 is 1.16 bits per heavy atom. The van der Waals surface area contributed by atoms with Crippen molar-refractivity contribution >= 4 is 17.5 Å². The number of hydroxylamine groups is 1. The third-order valence-corrected chi connectivity index (χ3v) is 7.67. The molecule has 2 atom stereocenters. The third kappa shape index (κ3) is 6.38. The van der Waals surface area contributed by atoms with Crippen LogP contribution in [0.5, 0.6) is 0 Å². The molecule has 37 heavy (non-hydrogen) atoms. The Bertz CT molecular complexity index is 1190. The molecule has 1 aromatic heterocycles. The van der Waals surface area contributed by atoms with Gasteiger partial charge in [0.2, 0.25) is 0 Å².